The van der Waals surface area contributed by atoms with Gasteiger partial charge in [0, 0.05) is 12.2 Å². The molecule has 2 aliphatic heterocycles. The molecular weight excluding hydrogens is 256 g/mol. The highest BCUT2D eigenvalue weighted by molar-refractivity contribution is 6.07. The van der Waals surface area contributed by atoms with E-state index in [1.807, 2.05) is 25.1 Å². The molecule has 20 heavy (non-hydrogen) atoms. The Bertz CT molecular complexity index is 552. The van der Waals surface area contributed by atoms with Crippen LogP contribution in [0.4, 0.5) is 4.79 Å². The lowest BCUT2D eigenvalue weighted by Crippen LogP contribution is -2.57. The zero-order valence-electron chi connectivity index (χ0n) is 11.5. The zero-order valence-corrected chi connectivity index (χ0v) is 11.5. The lowest BCUT2D eigenvalue weighted by atomic mass is 9.90. The molecular formula is C14H18N4O2. The molecule has 0 bridgehead atoms. The van der Waals surface area contributed by atoms with Crippen molar-refractivity contribution in [2.45, 2.75) is 31.8 Å². The Kier molecular flexibility index (Phi) is 3.17. The van der Waals surface area contributed by atoms with Crippen LogP contribution in [0.3, 0.4) is 0 Å². The number of nitrogens with one attached hydrogen (secondary N) is 2. The minimum Gasteiger partial charge on any atom is -0.322 e. The summed E-state index contributed by atoms with van der Waals surface area (Å²) in [4.78, 5) is 30.3. The fraction of sp³-hybridized carbons (Fsp3) is 0.500. The summed E-state index contributed by atoms with van der Waals surface area (Å²) in [6.45, 7) is 3.52. The Morgan fingerprint density at radius 1 is 1.40 bits per heavy atom. The van der Waals surface area contributed by atoms with Gasteiger partial charge in [0.25, 0.3) is 5.91 Å². The quantitative estimate of drug-likeness (QED) is 0.773. The minimum atomic E-state index is -0.751. The number of carbonyl (C=O) groups excluding carboxylic acids is 2. The Balaban J connectivity index is 1.80. The SMILES string of the molecule is Cc1cccc(CN2C(=O)NC3(CCCNC3)C2=O)n1. The summed E-state index contributed by atoms with van der Waals surface area (Å²) in [6, 6.07) is 5.29. The molecule has 3 amide bonds. The molecule has 2 aliphatic rings. The van der Waals surface area contributed by atoms with Gasteiger partial charge in [0.1, 0.15) is 5.54 Å². The molecule has 2 saturated heterocycles. The highest BCUT2D eigenvalue weighted by atomic mass is 16.2. The maximum Gasteiger partial charge on any atom is 0.325 e. The first kappa shape index (κ1) is 13.1. The van der Waals surface area contributed by atoms with E-state index in [1.54, 1.807) is 0 Å². The maximum absolute atomic E-state index is 12.6. The van der Waals surface area contributed by atoms with E-state index in [0.717, 1.165) is 24.4 Å². The number of amides is 3. The van der Waals surface area contributed by atoms with Gasteiger partial charge in [-0.25, -0.2) is 4.79 Å². The number of hydrogen-bond acceptors (Lipinski definition) is 4. The standard InChI is InChI=1S/C14H18N4O2/c1-10-4-2-5-11(16-10)8-18-12(19)14(17-13(18)20)6-3-7-15-9-14/h2,4-5,15H,3,6-9H2,1H3,(H,17,20). The van der Waals surface area contributed by atoms with E-state index in [9.17, 15) is 9.59 Å². The van der Waals surface area contributed by atoms with Crippen LogP contribution in [0.1, 0.15) is 24.2 Å². The van der Waals surface area contributed by atoms with Crippen LogP contribution in [0.5, 0.6) is 0 Å². The molecule has 0 radical (unpaired) electrons. The van der Waals surface area contributed by atoms with Gasteiger partial charge in [-0.2, -0.15) is 0 Å². The van der Waals surface area contributed by atoms with Gasteiger partial charge in [0.15, 0.2) is 0 Å². The summed E-state index contributed by atoms with van der Waals surface area (Å²) in [6.07, 6.45) is 1.59. The smallest absolute Gasteiger partial charge is 0.322 e. The fourth-order valence-electron chi connectivity index (χ4n) is 2.86. The number of aryl methyl sites for hydroxylation is 1. The van der Waals surface area contributed by atoms with Crippen molar-refractivity contribution in [3.05, 3.63) is 29.6 Å². The summed E-state index contributed by atoms with van der Waals surface area (Å²) < 4.78 is 0. The maximum atomic E-state index is 12.6. The average molecular weight is 274 g/mol. The van der Waals surface area contributed by atoms with Gasteiger partial charge >= 0.3 is 6.03 Å². The minimum absolute atomic E-state index is 0.141. The average Bonchev–Trinajstić information content (AvgIpc) is 2.64. The first-order chi connectivity index (χ1) is 9.61. The normalized spacial score (nSPS) is 26.1. The highest BCUT2D eigenvalue weighted by Gasteiger charge is 2.51. The summed E-state index contributed by atoms with van der Waals surface area (Å²) in [5.41, 5.74) is 0.858. The molecule has 2 fully saturated rings. The highest BCUT2D eigenvalue weighted by Crippen LogP contribution is 2.26. The molecule has 0 aliphatic carbocycles. The Morgan fingerprint density at radius 2 is 2.25 bits per heavy atom. The fourth-order valence-corrected chi connectivity index (χ4v) is 2.86. The Hall–Kier alpha value is -1.95. The molecule has 1 aromatic rings. The predicted octanol–water partition coefficient (Wildman–Crippen LogP) is 0.564. The zero-order chi connectivity index (χ0) is 14.2. The van der Waals surface area contributed by atoms with Crippen LogP contribution >= 0.6 is 0 Å². The molecule has 6 nitrogen and oxygen atoms in total. The third-order valence-corrected chi connectivity index (χ3v) is 3.90. The van der Waals surface area contributed by atoms with Crippen LogP contribution in [0.15, 0.2) is 18.2 Å². The third kappa shape index (κ3) is 2.16. The molecule has 2 N–H and O–H groups in total. The summed E-state index contributed by atoms with van der Waals surface area (Å²) in [5, 5.41) is 6.04. The molecule has 1 unspecified atom stereocenters. The van der Waals surface area contributed by atoms with E-state index in [1.165, 1.54) is 4.90 Å². The van der Waals surface area contributed by atoms with Crippen molar-refractivity contribution < 1.29 is 9.59 Å². The lowest BCUT2D eigenvalue weighted by molar-refractivity contribution is -0.132. The largest absolute Gasteiger partial charge is 0.325 e. The monoisotopic (exact) mass is 274 g/mol. The van der Waals surface area contributed by atoms with Crippen LogP contribution < -0.4 is 10.6 Å². The van der Waals surface area contributed by atoms with Crippen molar-refractivity contribution >= 4 is 11.9 Å². The van der Waals surface area contributed by atoms with Crippen molar-refractivity contribution in [1.29, 1.82) is 0 Å². The topological polar surface area (TPSA) is 74.3 Å². The van der Waals surface area contributed by atoms with Gasteiger partial charge in [-0.15, -0.1) is 0 Å². The Morgan fingerprint density at radius 3 is 2.95 bits per heavy atom. The first-order valence-electron chi connectivity index (χ1n) is 6.88. The van der Waals surface area contributed by atoms with Crippen molar-refractivity contribution in [1.82, 2.24) is 20.5 Å². The lowest BCUT2D eigenvalue weighted by Gasteiger charge is -2.31. The van der Waals surface area contributed by atoms with Gasteiger partial charge in [-0.3, -0.25) is 14.7 Å². The van der Waals surface area contributed by atoms with E-state index < -0.39 is 5.54 Å². The number of hydrogen-bond donors (Lipinski definition) is 2. The molecule has 1 atom stereocenters. The number of piperidine rings is 1. The van der Waals surface area contributed by atoms with E-state index >= 15 is 0 Å². The van der Waals surface area contributed by atoms with E-state index in [2.05, 4.69) is 15.6 Å². The van der Waals surface area contributed by atoms with Crippen molar-refractivity contribution in [2.24, 2.45) is 0 Å². The first-order valence-corrected chi connectivity index (χ1v) is 6.88. The number of urea groups is 1. The number of carbonyl (C=O) groups is 2. The third-order valence-electron chi connectivity index (χ3n) is 3.90. The number of pyridine rings is 1. The van der Waals surface area contributed by atoms with E-state index in [4.69, 9.17) is 0 Å². The summed E-state index contributed by atoms with van der Waals surface area (Å²) in [5.74, 6) is -0.141. The van der Waals surface area contributed by atoms with Crippen LogP contribution in [0.2, 0.25) is 0 Å². The second-order valence-corrected chi connectivity index (χ2v) is 5.45. The second kappa shape index (κ2) is 4.86. The van der Waals surface area contributed by atoms with Crippen LogP contribution in [-0.4, -0.2) is 40.5 Å². The summed E-state index contributed by atoms with van der Waals surface area (Å²) in [7, 11) is 0. The number of rotatable bonds is 2. The predicted molar refractivity (Wildman–Crippen MR) is 72.9 cm³/mol. The van der Waals surface area contributed by atoms with Crippen LogP contribution in [0, 0.1) is 6.92 Å². The van der Waals surface area contributed by atoms with Gasteiger partial charge in [-0.1, -0.05) is 6.07 Å². The molecule has 1 spiro atoms. The van der Waals surface area contributed by atoms with Crippen LogP contribution in [0.25, 0.3) is 0 Å². The number of nitrogens with zero attached hydrogens (tertiary/aromatic N) is 2. The molecule has 0 aromatic carbocycles. The molecule has 0 saturated carbocycles. The van der Waals surface area contributed by atoms with Gasteiger partial charge in [-0.05, 0) is 38.4 Å². The van der Waals surface area contributed by atoms with Crippen molar-refractivity contribution in [3.63, 3.8) is 0 Å². The Labute approximate surface area is 117 Å². The number of aromatic nitrogens is 1. The van der Waals surface area contributed by atoms with Crippen molar-refractivity contribution in [2.75, 3.05) is 13.1 Å². The molecule has 3 heterocycles. The van der Waals surface area contributed by atoms with Gasteiger partial charge < -0.3 is 10.6 Å². The van der Waals surface area contributed by atoms with E-state index in [0.29, 0.717) is 13.0 Å². The van der Waals surface area contributed by atoms with Gasteiger partial charge in [0.05, 0.1) is 12.2 Å². The number of imide groups is 1. The molecule has 3 rings (SSSR count). The van der Waals surface area contributed by atoms with E-state index in [-0.39, 0.29) is 18.5 Å². The molecule has 6 heteroatoms. The van der Waals surface area contributed by atoms with Crippen molar-refractivity contribution in [3.8, 4) is 0 Å². The van der Waals surface area contributed by atoms with Crippen LogP contribution in [-0.2, 0) is 11.3 Å². The van der Waals surface area contributed by atoms with Gasteiger partial charge in [0.2, 0.25) is 0 Å². The molecule has 106 valence electrons. The molecule has 1 aromatic heterocycles. The summed E-state index contributed by atoms with van der Waals surface area (Å²) >= 11 is 0. The second-order valence-electron chi connectivity index (χ2n) is 5.45.